The van der Waals surface area contributed by atoms with Crippen molar-refractivity contribution in [2.24, 2.45) is 0 Å². The third kappa shape index (κ3) is 5.62. The molecule has 11 heteroatoms. The number of carbonyl (C=O) groups excluding carboxylic acids is 3. The minimum atomic E-state index is -1.03. The molecule has 2 saturated heterocycles. The molecule has 196 valence electrons. The molecule has 2 heterocycles. The molecule has 3 amide bonds. The van der Waals surface area contributed by atoms with Gasteiger partial charge >= 0.3 is 0 Å². The molecule has 2 fully saturated rings. The van der Waals surface area contributed by atoms with E-state index in [1.807, 2.05) is 25.1 Å². The van der Waals surface area contributed by atoms with Gasteiger partial charge in [0.25, 0.3) is 17.5 Å². The number of hydrogen-bond donors (Lipinski definition) is 1. The fourth-order valence-electron chi connectivity index (χ4n) is 4.80. The number of nitro groups is 1. The van der Waals surface area contributed by atoms with Gasteiger partial charge in [0.05, 0.1) is 11.5 Å². The Morgan fingerprint density at radius 1 is 1.05 bits per heavy atom. The molecule has 1 spiro atoms. The Hall–Kier alpha value is -3.83. The van der Waals surface area contributed by atoms with Crippen LogP contribution in [0.1, 0.15) is 33.6 Å². The van der Waals surface area contributed by atoms with E-state index in [0.29, 0.717) is 31.5 Å². The van der Waals surface area contributed by atoms with Crippen LogP contribution in [-0.2, 0) is 9.53 Å². The molecule has 0 radical (unpaired) electrons. The number of rotatable bonds is 7. The summed E-state index contributed by atoms with van der Waals surface area (Å²) in [5.74, 6) is -0.905. The molecular weight excluding hydrogens is 478 g/mol. The van der Waals surface area contributed by atoms with Crippen LogP contribution in [-0.4, -0.2) is 96.0 Å². The van der Waals surface area contributed by atoms with Gasteiger partial charge in [-0.25, -0.2) is 0 Å². The molecule has 1 unspecified atom stereocenters. The maximum absolute atomic E-state index is 13.7. The first kappa shape index (κ1) is 26.2. The van der Waals surface area contributed by atoms with Crippen LogP contribution in [0.15, 0.2) is 54.6 Å². The van der Waals surface area contributed by atoms with Crippen molar-refractivity contribution >= 4 is 23.4 Å². The number of ether oxygens (including phenoxy) is 1. The van der Waals surface area contributed by atoms with Gasteiger partial charge in [0.15, 0.2) is 0 Å². The van der Waals surface area contributed by atoms with E-state index in [-0.39, 0.29) is 48.7 Å². The summed E-state index contributed by atoms with van der Waals surface area (Å²) in [4.78, 5) is 55.5. The molecule has 2 aliphatic heterocycles. The van der Waals surface area contributed by atoms with Crippen molar-refractivity contribution in [1.29, 1.82) is 0 Å². The monoisotopic (exact) mass is 509 g/mol. The normalized spacial score (nSPS) is 18.7. The van der Waals surface area contributed by atoms with Crippen molar-refractivity contribution in [3.05, 3.63) is 75.8 Å². The van der Waals surface area contributed by atoms with Crippen molar-refractivity contribution in [1.82, 2.24) is 20.0 Å². The van der Waals surface area contributed by atoms with Crippen molar-refractivity contribution in [3.63, 3.8) is 0 Å². The summed E-state index contributed by atoms with van der Waals surface area (Å²) in [5, 5.41) is 14.0. The van der Waals surface area contributed by atoms with E-state index in [9.17, 15) is 24.5 Å². The summed E-state index contributed by atoms with van der Waals surface area (Å²) in [5.41, 5.74) is -0.502. The van der Waals surface area contributed by atoms with E-state index >= 15 is 0 Å². The molecule has 37 heavy (non-hydrogen) atoms. The van der Waals surface area contributed by atoms with E-state index in [2.05, 4.69) is 5.32 Å². The first-order valence-corrected chi connectivity index (χ1v) is 12.2. The molecule has 2 aromatic rings. The fraction of sp³-hybridized carbons (Fsp3) is 0.423. The van der Waals surface area contributed by atoms with Crippen LogP contribution < -0.4 is 5.32 Å². The van der Waals surface area contributed by atoms with Crippen LogP contribution in [0.3, 0.4) is 0 Å². The Morgan fingerprint density at radius 3 is 2.38 bits per heavy atom. The van der Waals surface area contributed by atoms with Crippen LogP contribution in [0.4, 0.5) is 5.69 Å². The van der Waals surface area contributed by atoms with Crippen LogP contribution in [0.25, 0.3) is 0 Å². The van der Waals surface area contributed by atoms with Crippen molar-refractivity contribution in [2.45, 2.75) is 24.6 Å². The summed E-state index contributed by atoms with van der Waals surface area (Å²) in [6.07, 6.45) is 0.626. The third-order valence-corrected chi connectivity index (χ3v) is 6.80. The number of likely N-dealkylation sites (N-methyl/N-ethyl adjacent to an activating group) is 1. The average Bonchev–Trinajstić information content (AvgIpc) is 3.27. The van der Waals surface area contributed by atoms with Gasteiger partial charge < -0.3 is 19.9 Å². The molecule has 2 aliphatic rings. The lowest BCUT2D eigenvalue weighted by Crippen LogP contribution is -2.60. The number of nitro benzene ring substituents is 1. The van der Waals surface area contributed by atoms with Gasteiger partial charge in [0.1, 0.15) is 11.8 Å². The molecular formula is C26H31N5O6. The summed E-state index contributed by atoms with van der Waals surface area (Å²) < 4.78 is 6.19. The SMILES string of the molecule is CN(C)CCNC(=O)C1COC2(CCN(C(=O)c3cccc([N+](=O)[O-])c3)CC2)N1C(=O)c1ccccc1. The number of hydrogen-bond acceptors (Lipinski definition) is 7. The summed E-state index contributed by atoms with van der Waals surface area (Å²) in [7, 11) is 3.82. The Balaban J connectivity index is 1.53. The Morgan fingerprint density at radius 2 is 1.73 bits per heavy atom. The van der Waals surface area contributed by atoms with Crippen LogP contribution in [0, 0.1) is 10.1 Å². The highest BCUT2D eigenvalue weighted by Crippen LogP contribution is 2.39. The molecule has 0 saturated carbocycles. The smallest absolute Gasteiger partial charge is 0.270 e. The quantitative estimate of drug-likeness (QED) is 0.445. The number of nitrogens with zero attached hydrogens (tertiary/aromatic N) is 4. The number of likely N-dealkylation sites (tertiary alicyclic amines) is 1. The molecule has 0 aliphatic carbocycles. The van der Waals surface area contributed by atoms with Crippen molar-refractivity contribution in [3.8, 4) is 0 Å². The second kappa shape index (κ2) is 11.1. The molecule has 1 atom stereocenters. The van der Waals surface area contributed by atoms with Crippen molar-refractivity contribution in [2.75, 3.05) is 46.9 Å². The van der Waals surface area contributed by atoms with Gasteiger partial charge in [-0.3, -0.25) is 29.4 Å². The predicted molar refractivity (Wildman–Crippen MR) is 135 cm³/mol. The number of nitrogens with one attached hydrogen (secondary N) is 1. The lowest BCUT2D eigenvalue weighted by Gasteiger charge is -2.44. The zero-order valence-corrected chi connectivity index (χ0v) is 21.0. The summed E-state index contributed by atoms with van der Waals surface area (Å²) in [6.45, 7) is 1.70. The zero-order valence-electron chi connectivity index (χ0n) is 21.0. The second-order valence-corrected chi connectivity index (χ2v) is 9.51. The molecule has 2 aromatic carbocycles. The van der Waals surface area contributed by atoms with Gasteiger partial charge in [-0.2, -0.15) is 0 Å². The third-order valence-electron chi connectivity index (χ3n) is 6.80. The number of piperidine rings is 1. The molecule has 0 bridgehead atoms. The number of benzene rings is 2. The fourth-order valence-corrected chi connectivity index (χ4v) is 4.80. The minimum absolute atomic E-state index is 0.0607. The van der Waals surface area contributed by atoms with E-state index in [1.165, 1.54) is 18.2 Å². The van der Waals surface area contributed by atoms with Crippen LogP contribution in [0.2, 0.25) is 0 Å². The molecule has 11 nitrogen and oxygen atoms in total. The molecule has 4 rings (SSSR count). The highest BCUT2D eigenvalue weighted by atomic mass is 16.6. The average molecular weight is 510 g/mol. The lowest BCUT2D eigenvalue weighted by atomic mass is 9.96. The molecule has 1 N–H and O–H groups in total. The van der Waals surface area contributed by atoms with E-state index in [0.717, 1.165) is 0 Å². The number of carbonyl (C=O) groups is 3. The van der Waals surface area contributed by atoms with Gasteiger partial charge in [-0.1, -0.05) is 24.3 Å². The van der Waals surface area contributed by atoms with E-state index in [4.69, 9.17) is 4.74 Å². The summed E-state index contributed by atoms with van der Waals surface area (Å²) >= 11 is 0. The van der Waals surface area contributed by atoms with Gasteiger partial charge in [-0.05, 0) is 32.3 Å². The Labute approximate surface area is 215 Å². The number of amides is 3. The van der Waals surface area contributed by atoms with Crippen LogP contribution in [0.5, 0.6) is 0 Å². The molecule has 0 aromatic heterocycles. The first-order chi connectivity index (χ1) is 17.7. The van der Waals surface area contributed by atoms with Gasteiger partial charge in [0, 0.05) is 62.3 Å². The minimum Gasteiger partial charge on any atom is -0.353 e. The predicted octanol–water partition coefficient (Wildman–Crippen LogP) is 1.75. The van der Waals surface area contributed by atoms with Crippen molar-refractivity contribution < 1.29 is 24.0 Å². The first-order valence-electron chi connectivity index (χ1n) is 12.2. The van der Waals surface area contributed by atoms with E-state index < -0.39 is 16.7 Å². The summed E-state index contributed by atoms with van der Waals surface area (Å²) in [6, 6.07) is 13.6. The van der Waals surface area contributed by atoms with Crippen LogP contribution >= 0.6 is 0 Å². The zero-order chi connectivity index (χ0) is 26.6. The highest BCUT2D eigenvalue weighted by Gasteiger charge is 2.54. The largest absolute Gasteiger partial charge is 0.353 e. The topological polar surface area (TPSA) is 125 Å². The van der Waals surface area contributed by atoms with Gasteiger partial charge in [-0.15, -0.1) is 0 Å². The highest BCUT2D eigenvalue weighted by molar-refractivity contribution is 5.98. The lowest BCUT2D eigenvalue weighted by molar-refractivity contribution is -0.384. The standard InChI is InChI=1S/C26H31N5O6/c1-28(2)16-13-27-23(32)22-18-37-26(30(22)25(34)19-7-4-3-5-8-19)11-14-29(15-12-26)24(33)20-9-6-10-21(17-20)31(35)36/h3-10,17,22H,11-16,18H2,1-2H3,(H,27,32). The van der Waals surface area contributed by atoms with Gasteiger partial charge in [0.2, 0.25) is 5.91 Å². The maximum Gasteiger partial charge on any atom is 0.270 e. The number of non-ortho nitro benzene ring substituents is 1. The van der Waals surface area contributed by atoms with E-state index in [1.54, 1.807) is 40.1 Å². The maximum atomic E-state index is 13.7. The Bertz CT molecular complexity index is 1160. The Kier molecular flexibility index (Phi) is 7.84. The second-order valence-electron chi connectivity index (χ2n) is 9.51.